The molecule has 3 aliphatic rings. The molecule has 15 heteroatoms. The summed E-state index contributed by atoms with van der Waals surface area (Å²) in [5.41, 5.74) is 10.8. The fourth-order valence-corrected chi connectivity index (χ4v) is 10.1. The lowest BCUT2D eigenvalue weighted by atomic mass is 9.99. The Hall–Kier alpha value is -5.85. The van der Waals surface area contributed by atoms with E-state index in [0.29, 0.717) is 5.75 Å². The second kappa shape index (κ2) is 21.2. The lowest BCUT2D eigenvalue weighted by Gasteiger charge is -2.39. The van der Waals surface area contributed by atoms with E-state index in [1.54, 1.807) is 0 Å². The maximum Gasteiger partial charge on any atom is 0.186 e. The molecule has 5 heterocycles. The maximum absolute atomic E-state index is 10.3. The number of anilines is 2. The summed E-state index contributed by atoms with van der Waals surface area (Å²) in [5.74, 6) is 1.51. The average molecular weight is 952 g/mol. The van der Waals surface area contributed by atoms with Crippen LogP contribution in [0.15, 0.2) is 115 Å². The summed E-state index contributed by atoms with van der Waals surface area (Å²) in [5, 5.41) is 42.2. The van der Waals surface area contributed by atoms with E-state index in [1.807, 2.05) is 12.1 Å². The Balaban J connectivity index is 0.972. The molecule has 3 saturated heterocycles. The molecule has 5 aromatic carbocycles. The fraction of sp³-hybridized carbons (Fsp3) is 0.400. The maximum atomic E-state index is 10.3. The fourth-order valence-electron chi connectivity index (χ4n) is 10.1. The van der Waals surface area contributed by atoms with Crippen molar-refractivity contribution < 1.29 is 39.4 Å². The van der Waals surface area contributed by atoms with Gasteiger partial charge in [-0.2, -0.15) is 0 Å². The summed E-state index contributed by atoms with van der Waals surface area (Å²) < 4.78 is 27.6. The molecule has 0 amide bonds. The van der Waals surface area contributed by atoms with Crippen molar-refractivity contribution in [3.05, 3.63) is 115 Å². The SMILES string of the molecule is CCn1c2ccccc2c2cc(-c3nc(-c4ccc(N5CCN(C)CC5)cc4)c(-c4ccc(N5CCN(C)CC5)cc4)n3-c3ccc(OCCOCCO[C@@H]4O[C@H](CO)[C@H](O)[C@H](O)[C@H]4O)cc3)ccc21. The van der Waals surface area contributed by atoms with E-state index < -0.39 is 37.3 Å². The Morgan fingerprint density at radius 1 is 0.600 bits per heavy atom. The van der Waals surface area contributed by atoms with Gasteiger partial charge in [-0.25, -0.2) is 4.98 Å². The van der Waals surface area contributed by atoms with Gasteiger partial charge in [-0.3, -0.25) is 4.57 Å². The minimum atomic E-state index is -1.50. The molecule has 70 heavy (non-hydrogen) atoms. The Kier molecular flexibility index (Phi) is 14.5. The van der Waals surface area contributed by atoms with Gasteiger partial charge in [0.05, 0.1) is 37.8 Å². The standard InChI is InChI=1S/C55H65N7O8/c1-4-61-46-8-6-5-7-44(46)45-35-39(13-22-47(45)61)54-56-49(37-9-14-40(15-10-37)59-27-23-57(2)24-28-59)50(38-11-16-41(17-12-38)60-29-25-58(3)26-30-60)62(54)42-18-20-43(21-19-42)68-33-31-67-32-34-69-55-53(66)52(65)51(64)48(36-63)70-55/h5-22,35,48,51-53,55,63-66H,4,23-34,36H2,1-3H3/t48-,51+,52+,53-,55-/m1/s1. The number of aliphatic hydroxyl groups is 4. The van der Waals surface area contributed by atoms with Crippen LogP contribution in [0.3, 0.4) is 0 Å². The third-order valence-corrected chi connectivity index (χ3v) is 14.2. The third-order valence-electron chi connectivity index (χ3n) is 14.2. The van der Waals surface area contributed by atoms with Crippen molar-refractivity contribution in [3.63, 3.8) is 0 Å². The Bertz CT molecular complexity index is 2830. The molecule has 15 nitrogen and oxygen atoms in total. The number of rotatable bonds is 16. The smallest absolute Gasteiger partial charge is 0.186 e. The van der Waals surface area contributed by atoms with E-state index in [-0.39, 0.29) is 26.4 Å². The zero-order chi connectivity index (χ0) is 48.3. The van der Waals surface area contributed by atoms with Gasteiger partial charge in [-0.05, 0) is 93.8 Å². The number of piperazine rings is 2. The highest BCUT2D eigenvalue weighted by Crippen LogP contribution is 2.42. The number of aryl methyl sites for hydroxylation is 1. The molecule has 0 bridgehead atoms. The third kappa shape index (κ3) is 9.78. The van der Waals surface area contributed by atoms with Crippen molar-refractivity contribution in [2.45, 2.75) is 44.2 Å². The largest absolute Gasteiger partial charge is 0.491 e. The molecule has 0 aliphatic carbocycles. The first-order chi connectivity index (χ1) is 34.2. The minimum Gasteiger partial charge on any atom is -0.491 e. The van der Waals surface area contributed by atoms with Gasteiger partial charge in [0.1, 0.15) is 42.6 Å². The molecular weight excluding hydrogens is 887 g/mol. The van der Waals surface area contributed by atoms with Gasteiger partial charge >= 0.3 is 0 Å². The molecular formula is C55H65N7O8. The summed E-state index contributed by atoms with van der Waals surface area (Å²) >= 11 is 0. The van der Waals surface area contributed by atoms with E-state index in [0.717, 1.165) is 98.5 Å². The normalized spacial score (nSPS) is 21.6. The number of imidazole rings is 1. The molecule has 368 valence electrons. The molecule has 7 aromatic rings. The molecule has 5 atom stereocenters. The van der Waals surface area contributed by atoms with Crippen molar-refractivity contribution in [1.29, 1.82) is 0 Å². The highest BCUT2D eigenvalue weighted by Gasteiger charge is 2.44. The number of aliphatic hydroxyl groups excluding tert-OH is 4. The molecule has 0 saturated carbocycles. The van der Waals surface area contributed by atoms with E-state index in [2.05, 4.69) is 153 Å². The van der Waals surface area contributed by atoms with Crippen LogP contribution in [0.4, 0.5) is 11.4 Å². The number of aromatic nitrogens is 3. The zero-order valence-corrected chi connectivity index (χ0v) is 40.3. The summed E-state index contributed by atoms with van der Waals surface area (Å²) in [6.07, 6.45) is -6.65. The average Bonchev–Trinajstić information content (AvgIpc) is 3.95. The lowest BCUT2D eigenvalue weighted by molar-refractivity contribution is -0.302. The van der Waals surface area contributed by atoms with Crippen molar-refractivity contribution >= 4 is 33.2 Å². The molecule has 10 rings (SSSR count). The van der Waals surface area contributed by atoms with Crippen LogP contribution >= 0.6 is 0 Å². The highest BCUT2D eigenvalue weighted by atomic mass is 16.7. The Morgan fingerprint density at radius 3 is 1.83 bits per heavy atom. The molecule has 0 unspecified atom stereocenters. The molecule has 0 radical (unpaired) electrons. The number of fused-ring (bicyclic) bond motifs is 3. The van der Waals surface area contributed by atoms with Crippen LogP contribution in [0.2, 0.25) is 0 Å². The van der Waals surface area contributed by atoms with Gasteiger partial charge in [0.2, 0.25) is 0 Å². The van der Waals surface area contributed by atoms with Crippen LogP contribution < -0.4 is 14.5 Å². The number of hydrogen-bond acceptors (Lipinski definition) is 13. The number of para-hydroxylation sites is 1. The van der Waals surface area contributed by atoms with Crippen LogP contribution in [-0.2, 0) is 20.8 Å². The highest BCUT2D eigenvalue weighted by molar-refractivity contribution is 6.09. The van der Waals surface area contributed by atoms with Crippen LogP contribution in [-0.4, -0.2) is 175 Å². The molecule has 3 fully saturated rings. The quantitative estimate of drug-likeness (QED) is 0.0876. The Morgan fingerprint density at radius 2 is 1.19 bits per heavy atom. The van der Waals surface area contributed by atoms with Gasteiger partial charge in [-0.15, -0.1) is 0 Å². The van der Waals surface area contributed by atoms with E-state index in [9.17, 15) is 20.4 Å². The number of benzene rings is 5. The van der Waals surface area contributed by atoms with Crippen LogP contribution in [0.25, 0.3) is 61.4 Å². The van der Waals surface area contributed by atoms with Crippen molar-refractivity contribution in [2.24, 2.45) is 0 Å². The number of ether oxygens (including phenoxy) is 4. The Labute approximate surface area is 409 Å². The second-order valence-electron chi connectivity index (χ2n) is 18.7. The topological polar surface area (TPSA) is 154 Å². The van der Waals surface area contributed by atoms with E-state index in [1.165, 1.54) is 33.2 Å². The number of nitrogens with zero attached hydrogens (tertiary/aromatic N) is 7. The predicted octanol–water partition coefficient (Wildman–Crippen LogP) is 5.72. The first kappa shape index (κ1) is 47.8. The summed E-state index contributed by atoms with van der Waals surface area (Å²) in [4.78, 5) is 15.3. The van der Waals surface area contributed by atoms with Gasteiger partial charge in [-0.1, -0.05) is 42.5 Å². The number of hydrogen-bond donors (Lipinski definition) is 4. The van der Waals surface area contributed by atoms with Gasteiger partial charge in [0.25, 0.3) is 0 Å². The van der Waals surface area contributed by atoms with Gasteiger partial charge < -0.3 is 63.5 Å². The summed E-state index contributed by atoms with van der Waals surface area (Å²) in [6.45, 7) is 11.4. The number of likely N-dealkylation sites (N-methyl/N-ethyl adjacent to an activating group) is 2. The van der Waals surface area contributed by atoms with Crippen LogP contribution in [0.5, 0.6) is 5.75 Å². The van der Waals surface area contributed by atoms with Crippen molar-refractivity contribution in [3.8, 4) is 45.3 Å². The van der Waals surface area contributed by atoms with Crippen LogP contribution in [0, 0.1) is 0 Å². The lowest BCUT2D eigenvalue weighted by Crippen LogP contribution is -2.59. The predicted molar refractivity (Wildman–Crippen MR) is 274 cm³/mol. The molecule has 4 N–H and O–H groups in total. The van der Waals surface area contributed by atoms with Crippen molar-refractivity contribution in [2.75, 3.05) is 109 Å². The van der Waals surface area contributed by atoms with Gasteiger partial charge in [0.15, 0.2) is 6.29 Å². The molecule has 0 spiro atoms. The second-order valence-corrected chi connectivity index (χ2v) is 18.7. The van der Waals surface area contributed by atoms with E-state index in [4.69, 9.17) is 23.9 Å². The molecule has 2 aromatic heterocycles. The first-order valence-electron chi connectivity index (χ1n) is 24.6. The first-order valence-corrected chi connectivity index (χ1v) is 24.6. The van der Waals surface area contributed by atoms with Crippen molar-refractivity contribution in [1.82, 2.24) is 23.9 Å². The van der Waals surface area contributed by atoms with E-state index >= 15 is 0 Å². The summed E-state index contributed by atoms with van der Waals surface area (Å²) in [7, 11) is 4.37. The minimum absolute atomic E-state index is 0.0571. The van der Waals surface area contributed by atoms with Crippen LogP contribution in [0.1, 0.15) is 6.92 Å². The summed E-state index contributed by atoms with van der Waals surface area (Å²) in [6, 6.07) is 41.4. The zero-order valence-electron chi connectivity index (χ0n) is 40.3. The molecule has 3 aliphatic heterocycles. The monoisotopic (exact) mass is 951 g/mol. The van der Waals surface area contributed by atoms with Gasteiger partial charge in [0, 0.05) is 114 Å².